The fraction of sp³-hybridized carbons (Fsp3) is 0.364. The van der Waals surface area contributed by atoms with Gasteiger partial charge in [-0.15, -0.1) is 0 Å². The van der Waals surface area contributed by atoms with Crippen LogP contribution < -0.4 is 22.1 Å². The zero-order valence-electron chi connectivity index (χ0n) is 18.0. The number of nitrogen functional groups attached to an aromatic ring is 2. The largest absolute Gasteiger partial charge is 0.397 e. The molecule has 1 atom stereocenters. The number of aliphatic imine (C=N–C) groups is 1. The van der Waals surface area contributed by atoms with Crippen molar-refractivity contribution in [2.75, 3.05) is 49.5 Å². The number of nitrogens with one attached hydrogen (secondary N) is 2. The van der Waals surface area contributed by atoms with Gasteiger partial charge in [-0.1, -0.05) is 31.2 Å². The number of benzene rings is 1. The van der Waals surface area contributed by atoms with Crippen molar-refractivity contribution in [2.24, 2.45) is 4.99 Å². The molecule has 164 valence electrons. The van der Waals surface area contributed by atoms with Gasteiger partial charge in [-0.3, -0.25) is 10.2 Å². The standard InChI is InChI=1S/C22H26N10/c1-2-31-7-9-32(10-8-31)12-14-5-3-4-6-15(14)19-17-18(25)16(11-23)20(26)29-21(17)30-22(28-19)27-13-24/h3-6,19H,2,7-10,12H2,1H3,(H6,25,26,27,28,29,30). The maximum absolute atomic E-state index is 9.53. The first-order valence-electron chi connectivity index (χ1n) is 10.6. The molecule has 10 nitrogen and oxygen atoms in total. The lowest BCUT2D eigenvalue weighted by atomic mass is 9.91. The van der Waals surface area contributed by atoms with E-state index in [0.29, 0.717) is 11.4 Å². The van der Waals surface area contributed by atoms with Gasteiger partial charge in [0.15, 0.2) is 6.19 Å². The van der Waals surface area contributed by atoms with E-state index in [9.17, 15) is 5.26 Å². The van der Waals surface area contributed by atoms with Crippen LogP contribution in [0.25, 0.3) is 0 Å². The van der Waals surface area contributed by atoms with Crippen LogP contribution >= 0.6 is 0 Å². The molecule has 6 N–H and O–H groups in total. The van der Waals surface area contributed by atoms with E-state index in [2.05, 4.69) is 38.4 Å². The van der Waals surface area contributed by atoms with Crippen molar-refractivity contribution in [3.05, 3.63) is 46.5 Å². The minimum atomic E-state index is -0.532. The van der Waals surface area contributed by atoms with E-state index in [1.807, 2.05) is 30.5 Å². The smallest absolute Gasteiger partial charge is 0.211 e. The summed E-state index contributed by atoms with van der Waals surface area (Å²) in [6, 6.07) is 9.56. The number of fused-ring (bicyclic) bond motifs is 1. The highest BCUT2D eigenvalue weighted by atomic mass is 15.3. The molecule has 2 aliphatic heterocycles. The van der Waals surface area contributed by atoms with E-state index in [-0.39, 0.29) is 23.0 Å². The van der Waals surface area contributed by atoms with Crippen LogP contribution in [-0.4, -0.2) is 53.5 Å². The summed E-state index contributed by atoms with van der Waals surface area (Å²) in [5.74, 6) is 0.686. The molecule has 10 heteroatoms. The Hall–Kier alpha value is -3.86. The molecular weight excluding hydrogens is 404 g/mol. The number of nitrogens with two attached hydrogens (primary N) is 2. The van der Waals surface area contributed by atoms with Crippen LogP contribution in [0.5, 0.6) is 0 Å². The predicted molar refractivity (Wildman–Crippen MR) is 123 cm³/mol. The quantitative estimate of drug-likeness (QED) is 0.413. The molecule has 1 unspecified atom stereocenters. The molecule has 0 radical (unpaired) electrons. The number of aromatic nitrogens is 1. The summed E-state index contributed by atoms with van der Waals surface area (Å²) in [4.78, 5) is 13.9. The number of hydrogen-bond acceptors (Lipinski definition) is 10. The Morgan fingerprint density at radius 2 is 1.88 bits per heavy atom. The van der Waals surface area contributed by atoms with Crippen LogP contribution in [0.3, 0.4) is 0 Å². The SMILES string of the molecule is CCN1CCN(Cc2ccccc2C2N=C(NC#N)Nc3nc(N)c(C#N)c(N)c32)CC1. The molecule has 2 aromatic rings. The second-order valence-corrected chi connectivity index (χ2v) is 7.81. The average molecular weight is 431 g/mol. The normalized spacial score (nSPS) is 18.6. The van der Waals surface area contributed by atoms with E-state index in [1.54, 1.807) is 0 Å². The minimum Gasteiger partial charge on any atom is -0.397 e. The first-order valence-corrected chi connectivity index (χ1v) is 10.6. The van der Waals surface area contributed by atoms with Gasteiger partial charge in [0.1, 0.15) is 29.3 Å². The molecule has 2 aliphatic rings. The predicted octanol–water partition coefficient (Wildman–Crippen LogP) is 1.20. The topological polar surface area (TPSA) is 155 Å². The number of likely N-dealkylation sites (N-methyl/N-ethyl adjacent to an activating group) is 1. The number of nitrogens with zero attached hydrogens (tertiary/aromatic N) is 6. The van der Waals surface area contributed by atoms with Gasteiger partial charge < -0.3 is 21.7 Å². The number of guanidine groups is 1. The molecule has 32 heavy (non-hydrogen) atoms. The van der Waals surface area contributed by atoms with Crippen molar-refractivity contribution < 1.29 is 0 Å². The zero-order chi connectivity index (χ0) is 22.7. The first-order chi connectivity index (χ1) is 15.5. The van der Waals surface area contributed by atoms with Crippen LogP contribution in [-0.2, 0) is 6.54 Å². The van der Waals surface area contributed by atoms with Crippen LogP contribution in [0, 0.1) is 22.8 Å². The van der Waals surface area contributed by atoms with E-state index >= 15 is 0 Å². The highest BCUT2D eigenvalue weighted by molar-refractivity contribution is 5.98. The van der Waals surface area contributed by atoms with E-state index in [4.69, 9.17) is 21.7 Å². The molecule has 3 heterocycles. The Balaban J connectivity index is 1.75. The lowest BCUT2D eigenvalue weighted by molar-refractivity contribution is 0.131. The third kappa shape index (κ3) is 4.02. The fourth-order valence-corrected chi connectivity index (χ4v) is 4.26. The Labute approximate surface area is 187 Å². The third-order valence-electron chi connectivity index (χ3n) is 6.01. The lowest BCUT2D eigenvalue weighted by Gasteiger charge is -2.35. The monoisotopic (exact) mass is 430 g/mol. The molecule has 0 aliphatic carbocycles. The molecule has 1 saturated heterocycles. The highest BCUT2D eigenvalue weighted by Gasteiger charge is 2.31. The lowest BCUT2D eigenvalue weighted by Crippen LogP contribution is -2.45. The Bertz CT molecular complexity index is 1120. The van der Waals surface area contributed by atoms with Crippen LogP contribution in [0.15, 0.2) is 29.3 Å². The molecule has 0 amide bonds. The van der Waals surface area contributed by atoms with Gasteiger partial charge in [-0.05, 0) is 17.7 Å². The summed E-state index contributed by atoms with van der Waals surface area (Å²) >= 11 is 0. The molecule has 4 rings (SSSR count). The van der Waals surface area contributed by atoms with Crippen molar-refractivity contribution >= 4 is 23.3 Å². The highest BCUT2D eigenvalue weighted by Crippen LogP contribution is 2.41. The fourth-order valence-electron chi connectivity index (χ4n) is 4.26. The Morgan fingerprint density at radius 3 is 2.56 bits per heavy atom. The van der Waals surface area contributed by atoms with Crippen molar-refractivity contribution in [3.8, 4) is 12.3 Å². The second kappa shape index (κ2) is 9.10. The van der Waals surface area contributed by atoms with E-state index < -0.39 is 6.04 Å². The van der Waals surface area contributed by atoms with Crippen molar-refractivity contribution in [1.29, 1.82) is 10.5 Å². The van der Waals surface area contributed by atoms with Crippen LogP contribution in [0.1, 0.15) is 35.2 Å². The molecular formula is C22H26N10. The molecule has 0 bridgehead atoms. The second-order valence-electron chi connectivity index (χ2n) is 7.81. The number of rotatable bonds is 4. The van der Waals surface area contributed by atoms with Crippen LogP contribution in [0.4, 0.5) is 17.3 Å². The summed E-state index contributed by atoms with van der Waals surface area (Å²) in [7, 11) is 0. The summed E-state index contributed by atoms with van der Waals surface area (Å²) in [6.45, 7) is 8.11. The molecule has 1 aromatic heterocycles. The average Bonchev–Trinajstić information content (AvgIpc) is 2.80. The van der Waals surface area contributed by atoms with Crippen molar-refractivity contribution in [2.45, 2.75) is 19.5 Å². The van der Waals surface area contributed by atoms with Gasteiger partial charge in [-0.25, -0.2) is 9.98 Å². The zero-order valence-corrected chi connectivity index (χ0v) is 18.0. The van der Waals surface area contributed by atoms with Gasteiger partial charge in [-0.2, -0.15) is 10.5 Å². The van der Waals surface area contributed by atoms with E-state index in [1.165, 1.54) is 0 Å². The number of nitriles is 2. The minimum absolute atomic E-state index is 0.0373. The van der Waals surface area contributed by atoms with E-state index in [0.717, 1.165) is 50.4 Å². The molecule has 1 aromatic carbocycles. The van der Waals surface area contributed by atoms with Crippen molar-refractivity contribution in [3.63, 3.8) is 0 Å². The Kier molecular flexibility index (Phi) is 6.08. The molecule has 0 spiro atoms. The molecule has 1 fully saturated rings. The molecule has 0 saturated carbocycles. The maximum Gasteiger partial charge on any atom is 0.211 e. The summed E-state index contributed by atoms with van der Waals surface area (Å²) in [6.07, 6.45) is 1.88. The summed E-state index contributed by atoms with van der Waals surface area (Å²) in [5.41, 5.74) is 15.4. The maximum atomic E-state index is 9.53. The van der Waals surface area contributed by atoms with Crippen molar-refractivity contribution in [1.82, 2.24) is 20.1 Å². The first kappa shape index (κ1) is 21.4. The number of pyridine rings is 1. The Morgan fingerprint density at radius 1 is 1.16 bits per heavy atom. The van der Waals surface area contributed by atoms with Gasteiger partial charge in [0, 0.05) is 38.3 Å². The number of anilines is 3. The van der Waals surface area contributed by atoms with Gasteiger partial charge >= 0.3 is 0 Å². The van der Waals surface area contributed by atoms with Crippen LogP contribution in [0.2, 0.25) is 0 Å². The summed E-state index contributed by atoms with van der Waals surface area (Å²) < 4.78 is 0. The third-order valence-corrected chi connectivity index (χ3v) is 6.01. The van der Waals surface area contributed by atoms with Gasteiger partial charge in [0.05, 0.1) is 5.69 Å². The van der Waals surface area contributed by atoms with Gasteiger partial charge in [0.25, 0.3) is 0 Å². The summed E-state index contributed by atoms with van der Waals surface area (Å²) in [5, 5.41) is 24.2. The number of piperazine rings is 1. The number of hydrogen-bond donors (Lipinski definition) is 4. The van der Waals surface area contributed by atoms with Gasteiger partial charge in [0.2, 0.25) is 5.96 Å².